The maximum absolute atomic E-state index is 3.73. The lowest BCUT2D eigenvalue weighted by Gasteiger charge is -2.19. The largest absolute Gasteiger partial charge is 0.314 e. The van der Waals surface area contributed by atoms with Crippen molar-refractivity contribution in [1.82, 2.24) is 5.32 Å². The second-order valence-corrected chi connectivity index (χ2v) is 4.97. The van der Waals surface area contributed by atoms with Crippen LogP contribution in [-0.2, 0) is 0 Å². The van der Waals surface area contributed by atoms with Crippen molar-refractivity contribution in [3.05, 3.63) is 0 Å². The zero-order valence-electron chi connectivity index (χ0n) is 10.2. The molecule has 0 aromatic rings. The standard InChI is InChI=1S/C13H27N/c1-4-6-7-13(5-2)14-10-11(3)12-8-9-12/h11-14H,4-10H2,1-3H3. The van der Waals surface area contributed by atoms with Crippen LogP contribution < -0.4 is 5.32 Å². The van der Waals surface area contributed by atoms with E-state index in [9.17, 15) is 0 Å². The second kappa shape index (κ2) is 6.44. The lowest BCUT2D eigenvalue weighted by Crippen LogP contribution is -2.32. The summed E-state index contributed by atoms with van der Waals surface area (Å²) in [6.45, 7) is 8.22. The number of hydrogen-bond donors (Lipinski definition) is 1. The normalized spacial score (nSPS) is 20.8. The van der Waals surface area contributed by atoms with Crippen molar-refractivity contribution < 1.29 is 0 Å². The van der Waals surface area contributed by atoms with Crippen molar-refractivity contribution in [2.24, 2.45) is 11.8 Å². The highest BCUT2D eigenvalue weighted by Crippen LogP contribution is 2.36. The summed E-state index contributed by atoms with van der Waals surface area (Å²) >= 11 is 0. The molecule has 2 unspecified atom stereocenters. The Hall–Kier alpha value is -0.0400. The number of unbranched alkanes of at least 4 members (excludes halogenated alkanes) is 1. The maximum Gasteiger partial charge on any atom is 0.00645 e. The number of rotatable bonds is 8. The molecule has 1 fully saturated rings. The van der Waals surface area contributed by atoms with Gasteiger partial charge in [0, 0.05) is 6.04 Å². The first-order chi connectivity index (χ1) is 6.77. The SMILES string of the molecule is CCCCC(CC)NCC(C)C1CC1. The summed E-state index contributed by atoms with van der Waals surface area (Å²) in [6, 6.07) is 0.774. The lowest BCUT2D eigenvalue weighted by atomic mass is 10.0. The first-order valence-corrected chi connectivity index (χ1v) is 6.51. The molecule has 14 heavy (non-hydrogen) atoms. The van der Waals surface area contributed by atoms with Crippen molar-refractivity contribution in [2.75, 3.05) is 6.54 Å². The van der Waals surface area contributed by atoms with Crippen molar-refractivity contribution >= 4 is 0 Å². The third-order valence-electron chi connectivity index (χ3n) is 3.55. The fourth-order valence-electron chi connectivity index (χ4n) is 2.09. The molecule has 0 spiro atoms. The zero-order chi connectivity index (χ0) is 10.4. The molecule has 1 aliphatic rings. The molecular formula is C13H27N. The summed E-state index contributed by atoms with van der Waals surface area (Å²) < 4.78 is 0. The molecule has 84 valence electrons. The highest BCUT2D eigenvalue weighted by molar-refractivity contribution is 4.80. The van der Waals surface area contributed by atoms with Crippen LogP contribution in [0.2, 0.25) is 0 Å². The molecule has 1 aliphatic carbocycles. The van der Waals surface area contributed by atoms with Crippen molar-refractivity contribution in [2.45, 2.75) is 65.3 Å². The monoisotopic (exact) mass is 197 g/mol. The van der Waals surface area contributed by atoms with E-state index in [1.54, 1.807) is 0 Å². The van der Waals surface area contributed by atoms with Gasteiger partial charge in [-0.25, -0.2) is 0 Å². The van der Waals surface area contributed by atoms with E-state index in [4.69, 9.17) is 0 Å². The molecular weight excluding hydrogens is 170 g/mol. The molecule has 0 radical (unpaired) electrons. The van der Waals surface area contributed by atoms with Gasteiger partial charge in [-0.2, -0.15) is 0 Å². The van der Waals surface area contributed by atoms with Gasteiger partial charge >= 0.3 is 0 Å². The van der Waals surface area contributed by atoms with E-state index in [1.165, 1.54) is 45.1 Å². The van der Waals surface area contributed by atoms with Crippen LogP contribution in [0, 0.1) is 11.8 Å². The molecule has 2 atom stereocenters. The average molecular weight is 197 g/mol. The maximum atomic E-state index is 3.73. The Balaban J connectivity index is 2.06. The summed E-state index contributed by atoms with van der Waals surface area (Å²) in [7, 11) is 0. The van der Waals surface area contributed by atoms with Gasteiger partial charge < -0.3 is 5.32 Å². The van der Waals surface area contributed by atoms with E-state index >= 15 is 0 Å². The van der Waals surface area contributed by atoms with Crippen LogP contribution in [0.5, 0.6) is 0 Å². The van der Waals surface area contributed by atoms with Crippen LogP contribution in [0.25, 0.3) is 0 Å². The fraction of sp³-hybridized carbons (Fsp3) is 1.00. The molecule has 1 rings (SSSR count). The summed E-state index contributed by atoms with van der Waals surface area (Å²) in [5.74, 6) is 1.96. The van der Waals surface area contributed by atoms with E-state index in [2.05, 4.69) is 26.1 Å². The Labute approximate surface area is 89.7 Å². The van der Waals surface area contributed by atoms with Crippen LogP contribution >= 0.6 is 0 Å². The first-order valence-electron chi connectivity index (χ1n) is 6.51. The quantitative estimate of drug-likeness (QED) is 0.627. The molecule has 1 saturated carbocycles. The summed E-state index contributed by atoms with van der Waals surface area (Å²) in [5.41, 5.74) is 0. The molecule has 0 bridgehead atoms. The molecule has 1 nitrogen and oxygen atoms in total. The Morgan fingerprint density at radius 3 is 2.50 bits per heavy atom. The van der Waals surface area contributed by atoms with Crippen LogP contribution in [-0.4, -0.2) is 12.6 Å². The smallest absolute Gasteiger partial charge is 0.00645 e. The van der Waals surface area contributed by atoms with Gasteiger partial charge in [-0.05, 0) is 44.1 Å². The predicted octanol–water partition coefficient (Wildman–Crippen LogP) is 3.59. The van der Waals surface area contributed by atoms with Gasteiger partial charge in [0.05, 0.1) is 0 Å². The fourth-order valence-corrected chi connectivity index (χ4v) is 2.09. The molecule has 0 amide bonds. The number of nitrogens with one attached hydrogen (secondary N) is 1. The van der Waals surface area contributed by atoms with Crippen molar-refractivity contribution in [3.8, 4) is 0 Å². The average Bonchev–Trinajstić information content (AvgIpc) is 3.01. The minimum atomic E-state index is 0.774. The second-order valence-electron chi connectivity index (χ2n) is 4.97. The molecule has 0 heterocycles. The summed E-state index contributed by atoms with van der Waals surface area (Å²) in [6.07, 6.45) is 8.32. The van der Waals surface area contributed by atoms with Crippen molar-refractivity contribution in [1.29, 1.82) is 0 Å². The Bertz CT molecular complexity index is 140. The molecule has 0 saturated heterocycles. The minimum absolute atomic E-state index is 0.774. The molecule has 0 aromatic heterocycles. The molecule has 0 aromatic carbocycles. The zero-order valence-corrected chi connectivity index (χ0v) is 10.2. The van der Waals surface area contributed by atoms with Crippen LogP contribution in [0.4, 0.5) is 0 Å². The van der Waals surface area contributed by atoms with Gasteiger partial charge in [0.25, 0.3) is 0 Å². The number of hydrogen-bond acceptors (Lipinski definition) is 1. The van der Waals surface area contributed by atoms with Gasteiger partial charge in [-0.1, -0.05) is 33.6 Å². The van der Waals surface area contributed by atoms with Gasteiger partial charge in [0.1, 0.15) is 0 Å². The first kappa shape index (κ1) is 12.0. The van der Waals surface area contributed by atoms with Crippen LogP contribution in [0.1, 0.15) is 59.3 Å². The van der Waals surface area contributed by atoms with Gasteiger partial charge in [-0.3, -0.25) is 0 Å². The van der Waals surface area contributed by atoms with Crippen LogP contribution in [0.15, 0.2) is 0 Å². The predicted molar refractivity (Wildman–Crippen MR) is 63.5 cm³/mol. The van der Waals surface area contributed by atoms with E-state index < -0.39 is 0 Å². The Kier molecular flexibility index (Phi) is 5.54. The highest BCUT2D eigenvalue weighted by Gasteiger charge is 2.27. The van der Waals surface area contributed by atoms with Gasteiger partial charge in [0.2, 0.25) is 0 Å². The summed E-state index contributed by atoms with van der Waals surface area (Å²) in [4.78, 5) is 0. The molecule has 1 heteroatoms. The Morgan fingerprint density at radius 1 is 1.29 bits per heavy atom. The highest BCUT2D eigenvalue weighted by atomic mass is 14.9. The molecule has 1 N–H and O–H groups in total. The summed E-state index contributed by atoms with van der Waals surface area (Å²) in [5, 5.41) is 3.73. The topological polar surface area (TPSA) is 12.0 Å². The Morgan fingerprint density at radius 2 is 2.00 bits per heavy atom. The minimum Gasteiger partial charge on any atom is -0.314 e. The lowest BCUT2D eigenvalue weighted by molar-refractivity contribution is 0.388. The third-order valence-corrected chi connectivity index (χ3v) is 3.55. The van der Waals surface area contributed by atoms with E-state index in [0.717, 1.165) is 17.9 Å². The van der Waals surface area contributed by atoms with Gasteiger partial charge in [-0.15, -0.1) is 0 Å². The van der Waals surface area contributed by atoms with Crippen molar-refractivity contribution in [3.63, 3.8) is 0 Å². The molecule has 0 aliphatic heterocycles. The van der Waals surface area contributed by atoms with Gasteiger partial charge in [0.15, 0.2) is 0 Å². The van der Waals surface area contributed by atoms with E-state index in [0.29, 0.717) is 0 Å². The van der Waals surface area contributed by atoms with Crippen LogP contribution in [0.3, 0.4) is 0 Å². The third kappa shape index (κ3) is 4.45. The van der Waals surface area contributed by atoms with E-state index in [-0.39, 0.29) is 0 Å². The van der Waals surface area contributed by atoms with E-state index in [1.807, 2.05) is 0 Å².